The van der Waals surface area contributed by atoms with E-state index in [1.54, 1.807) is 42.5 Å². The average molecular weight is 538 g/mol. The summed E-state index contributed by atoms with van der Waals surface area (Å²) < 4.78 is 6.13. The molecule has 0 atom stereocenters. The van der Waals surface area contributed by atoms with Crippen LogP contribution in [0.25, 0.3) is 17.4 Å². The van der Waals surface area contributed by atoms with Crippen molar-refractivity contribution < 1.29 is 14.0 Å². The normalized spacial score (nSPS) is 14.9. The van der Waals surface area contributed by atoms with E-state index in [1.165, 1.54) is 4.90 Å². The quantitative estimate of drug-likeness (QED) is 0.290. The molecule has 1 fully saturated rings. The minimum absolute atomic E-state index is 0.188. The fourth-order valence-electron chi connectivity index (χ4n) is 3.05. The molecule has 1 saturated heterocycles. The number of thioether (sulfide) groups is 1. The van der Waals surface area contributed by atoms with Crippen LogP contribution in [0.15, 0.2) is 63.9 Å². The van der Waals surface area contributed by atoms with Gasteiger partial charge in [0.1, 0.15) is 22.4 Å². The zero-order chi connectivity index (χ0) is 23.5. The predicted molar refractivity (Wildman–Crippen MR) is 137 cm³/mol. The molecule has 0 radical (unpaired) electrons. The Bertz CT molecular complexity index is 1290. The summed E-state index contributed by atoms with van der Waals surface area (Å²) in [6.45, 7) is 0.0595. The van der Waals surface area contributed by atoms with Gasteiger partial charge in [0.2, 0.25) is 5.91 Å². The Morgan fingerprint density at radius 2 is 1.85 bits per heavy atom. The van der Waals surface area contributed by atoms with Crippen molar-refractivity contribution in [2.24, 2.45) is 0 Å². The molecule has 0 spiro atoms. The number of carbonyl (C=O) groups is 2. The van der Waals surface area contributed by atoms with Gasteiger partial charge in [0.15, 0.2) is 0 Å². The van der Waals surface area contributed by atoms with Gasteiger partial charge >= 0.3 is 0 Å². The topological polar surface area (TPSA) is 62.6 Å². The number of hydrogen-bond donors (Lipinski definition) is 1. The monoisotopic (exact) mass is 536 g/mol. The third-order valence-corrected chi connectivity index (χ3v) is 7.13. The third-order valence-electron chi connectivity index (χ3n) is 4.69. The van der Waals surface area contributed by atoms with Crippen molar-refractivity contribution in [3.8, 4) is 11.3 Å². The minimum Gasteiger partial charge on any atom is -0.457 e. The highest BCUT2D eigenvalue weighted by molar-refractivity contribution is 8.26. The van der Waals surface area contributed by atoms with E-state index in [2.05, 4.69) is 5.32 Å². The van der Waals surface area contributed by atoms with Gasteiger partial charge in [-0.3, -0.25) is 14.5 Å². The molecule has 168 valence electrons. The maximum atomic E-state index is 12.8. The van der Waals surface area contributed by atoms with Crippen molar-refractivity contribution >= 4 is 81.0 Å². The Kier molecular flexibility index (Phi) is 7.46. The molecule has 2 heterocycles. The first-order chi connectivity index (χ1) is 15.8. The standard InChI is InChI=1S/C23H15Cl3N2O3S2/c24-16-4-2-1-3-15(16)19-8-6-14(31-19)10-20-22(30)28(23(32)33-20)12-21(29)27-11-13-5-7-17(25)18(26)9-13/h1-10H,11-12H2,(H,27,29)/b20-10-. The lowest BCUT2D eigenvalue weighted by atomic mass is 10.2. The number of nitrogens with one attached hydrogen (secondary N) is 1. The van der Waals surface area contributed by atoms with Crippen LogP contribution in [0.3, 0.4) is 0 Å². The summed E-state index contributed by atoms with van der Waals surface area (Å²) in [5.74, 6) is 0.363. The molecule has 1 N–H and O–H groups in total. The Morgan fingerprint density at radius 1 is 1.06 bits per heavy atom. The van der Waals surface area contributed by atoms with E-state index in [-0.39, 0.29) is 24.9 Å². The van der Waals surface area contributed by atoms with Crippen LogP contribution in [0, 0.1) is 0 Å². The van der Waals surface area contributed by atoms with Gasteiger partial charge in [-0.25, -0.2) is 0 Å². The zero-order valence-corrected chi connectivity index (χ0v) is 20.7. The SMILES string of the molecule is O=C(CN1C(=O)/C(=C/c2ccc(-c3ccccc3Cl)o2)SC1=S)NCc1ccc(Cl)c(Cl)c1. The smallest absolute Gasteiger partial charge is 0.266 e. The highest BCUT2D eigenvalue weighted by atomic mass is 35.5. The van der Waals surface area contributed by atoms with E-state index in [1.807, 2.05) is 18.2 Å². The Balaban J connectivity index is 1.40. The number of benzene rings is 2. The van der Waals surface area contributed by atoms with E-state index in [9.17, 15) is 9.59 Å². The first-order valence-corrected chi connectivity index (χ1v) is 12.0. The lowest BCUT2D eigenvalue weighted by Gasteiger charge is -2.14. The molecule has 3 aromatic rings. The van der Waals surface area contributed by atoms with E-state index in [0.717, 1.165) is 22.9 Å². The summed E-state index contributed by atoms with van der Waals surface area (Å²) in [5.41, 5.74) is 1.54. The molecule has 0 saturated carbocycles. The Labute approximate surface area is 214 Å². The van der Waals surface area contributed by atoms with Gasteiger partial charge < -0.3 is 9.73 Å². The van der Waals surface area contributed by atoms with E-state index < -0.39 is 0 Å². The van der Waals surface area contributed by atoms with Crippen LogP contribution in [0.1, 0.15) is 11.3 Å². The molecule has 1 aliphatic heterocycles. The van der Waals surface area contributed by atoms with Crippen molar-refractivity contribution in [3.05, 3.63) is 85.9 Å². The number of amides is 2. The minimum atomic E-state index is -0.356. The molecule has 10 heteroatoms. The van der Waals surface area contributed by atoms with Gasteiger partial charge in [-0.1, -0.05) is 77.0 Å². The van der Waals surface area contributed by atoms with Crippen molar-refractivity contribution in [2.75, 3.05) is 6.54 Å². The summed E-state index contributed by atoms with van der Waals surface area (Å²) in [7, 11) is 0. The van der Waals surface area contributed by atoms with Gasteiger partial charge in [-0.05, 0) is 42.0 Å². The molecule has 0 unspecified atom stereocenters. The first kappa shape index (κ1) is 23.9. The molecule has 5 nitrogen and oxygen atoms in total. The predicted octanol–water partition coefficient (Wildman–Crippen LogP) is 6.42. The van der Waals surface area contributed by atoms with Crippen molar-refractivity contribution in [1.82, 2.24) is 10.2 Å². The van der Waals surface area contributed by atoms with Gasteiger partial charge in [-0.2, -0.15) is 0 Å². The maximum Gasteiger partial charge on any atom is 0.266 e. The van der Waals surface area contributed by atoms with Crippen LogP contribution in [0.5, 0.6) is 0 Å². The van der Waals surface area contributed by atoms with Crippen molar-refractivity contribution in [1.29, 1.82) is 0 Å². The molecular weight excluding hydrogens is 523 g/mol. The molecule has 4 rings (SSSR count). The van der Waals surface area contributed by atoms with Crippen LogP contribution in [0.4, 0.5) is 0 Å². The highest BCUT2D eigenvalue weighted by Gasteiger charge is 2.33. The van der Waals surface area contributed by atoms with Crippen LogP contribution in [-0.2, 0) is 16.1 Å². The van der Waals surface area contributed by atoms with E-state index >= 15 is 0 Å². The second-order valence-electron chi connectivity index (χ2n) is 6.97. The second-order valence-corrected chi connectivity index (χ2v) is 9.87. The van der Waals surface area contributed by atoms with Gasteiger partial charge in [0.05, 0.1) is 20.0 Å². The summed E-state index contributed by atoms with van der Waals surface area (Å²) >= 11 is 24.5. The number of halogens is 3. The summed E-state index contributed by atoms with van der Waals surface area (Å²) in [5, 5.41) is 4.16. The van der Waals surface area contributed by atoms with Crippen LogP contribution in [-0.4, -0.2) is 27.6 Å². The largest absolute Gasteiger partial charge is 0.457 e. The summed E-state index contributed by atoms with van der Waals surface area (Å²) in [6, 6.07) is 15.9. The average Bonchev–Trinajstić information content (AvgIpc) is 3.35. The molecular formula is C23H15Cl3N2O3S2. The number of nitrogens with zero attached hydrogens (tertiary/aromatic N) is 1. The molecule has 0 aliphatic carbocycles. The number of hydrogen-bond acceptors (Lipinski definition) is 5. The fraction of sp³-hybridized carbons (Fsp3) is 0.0870. The lowest BCUT2D eigenvalue weighted by molar-refractivity contribution is -0.128. The van der Waals surface area contributed by atoms with Crippen LogP contribution >= 0.6 is 58.8 Å². The first-order valence-electron chi connectivity index (χ1n) is 9.62. The van der Waals surface area contributed by atoms with Gasteiger partial charge in [0, 0.05) is 18.2 Å². The molecule has 33 heavy (non-hydrogen) atoms. The fourth-order valence-corrected chi connectivity index (χ4v) is 4.84. The summed E-state index contributed by atoms with van der Waals surface area (Å²) in [6.07, 6.45) is 1.60. The molecule has 0 bridgehead atoms. The van der Waals surface area contributed by atoms with Crippen LogP contribution in [0.2, 0.25) is 15.1 Å². The second kappa shape index (κ2) is 10.3. The van der Waals surface area contributed by atoms with Gasteiger partial charge in [-0.15, -0.1) is 0 Å². The molecule has 1 aliphatic rings. The van der Waals surface area contributed by atoms with Crippen molar-refractivity contribution in [3.63, 3.8) is 0 Å². The number of thiocarbonyl (C=S) groups is 1. The van der Waals surface area contributed by atoms with Gasteiger partial charge in [0.25, 0.3) is 5.91 Å². The molecule has 1 aromatic heterocycles. The highest BCUT2D eigenvalue weighted by Crippen LogP contribution is 2.34. The number of furan rings is 1. The maximum absolute atomic E-state index is 12.8. The molecule has 2 amide bonds. The number of carbonyl (C=O) groups excluding carboxylic acids is 2. The van der Waals surface area contributed by atoms with Crippen LogP contribution < -0.4 is 5.32 Å². The molecule has 2 aromatic carbocycles. The zero-order valence-electron chi connectivity index (χ0n) is 16.8. The van der Waals surface area contributed by atoms with Crippen molar-refractivity contribution in [2.45, 2.75) is 6.54 Å². The number of rotatable bonds is 6. The lowest BCUT2D eigenvalue weighted by Crippen LogP contribution is -2.39. The van der Waals surface area contributed by atoms with E-state index in [0.29, 0.717) is 35.8 Å². The summed E-state index contributed by atoms with van der Waals surface area (Å²) in [4.78, 5) is 26.8. The Morgan fingerprint density at radius 3 is 2.61 bits per heavy atom. The van der Waals surface area contributed by atoms with E-state index in [4.69, 9.17) is 51.4 Å². The third kappa shape index (κ3) is 5.62. The Hall–Kier alpha value is -2.29.